The number of likely N-dealkylation sites (N-methyl/N-ethyl adjacent to an activating group) is 1. The van der Waals surface area contributed by atoms with E-state index in [0.29, 0.717) is 31.1 Å². The van der Waals surface area contributed by atoms with Gasteiger partial charge in [0, 0.05) is 37.8 Å². The van der Waals surface area contributed by atoms with Crippen LogP contribution in [-0.2, 0) is 25.8 Å². The van der Waals surface area contributed by atoms with Gasteiger partial charge >= 0.3 is 5.97 Å². The van der Waals surface area contributed by atoms with E-state index < -0.39 is 39.3 Å². The van der Waals surface area contributed by atoms with Gasteiger partial charge in [0.2, 0.25) is 0 Å². The molecule has 2 fully saturated rings. The fraction of sp³-hybridized carbons (Fsp3) is 0.481. The van der Waals surface area contributed by atoms with Crippen molar-refractivity contribution in [1.82, 2.24) is 4.90 Å². The number of carbonyl (C=O) groups excluding carboxylic acids is 2. The summed E-state index contributed by atoms with van der Waals surface area (Å²) < 4.78 is 29.0. The van der Waals surface area contributed by atoms with Crippen LogP contribution in [0.4, 0.5) is 11.4 Å². The first-order valence-electron chi connectivity index (χ1n) is 12.9. The number of amides is 1. The van der Waals surface area contributed by atoms with Crippen molar-refractivity contribution in [2.24, 2.45) is 5.92 Å². The van der Waals surface area contributed by atoms with Crippen molar-refractivity contribution in [2.75, 3.05) is 42.6 Å². The van der Waals surface area contributed by atoms with Gasteiger partial charge in [-0.2, -0.15) is 0 Å². The molecule has 38 heavy (non-hydrogen) atoms. The van der Waals surface area contributed by atoms with Crippen molar-refractivity contribution in [3.05, 3.63) is 69.8 Å². The topological polar surface area (TPSA) is 127 Å². The van der Waals surface area contributed by atoms with Crippen LogP contribution < -0.4 is 4.90 Å². The Hall–Kier alpha value is -3.47. The van der Waals surface area contributed by atoms with Gasteiger partial charge in [-0.1, -0.05) is 30.3 Å². The number of carbonyl (C=O) groups is 2. The third-order valence-corrected chi connectivity index (χ3v) is 9.12. The van der Waals surface area contributed by atoms with Crippen molar-refractivity contribution in [2.45, 2.75) is 38.6 Å². The lowest BCUT2D eigenvalue weighted by Gasteiger charge is -2.34. The first kappa shape index (κ1) is 27.6. The number of non-ortho nitro benzene ring substituents is 1. The highest BCUT2D eigenvalue weighted by Gasteiger charge is 2.34. The zero-order valence-corrected chi connectivity index (χ0v) is 22.3. The molecule has 2 aliphatic heterocycles. The van der Waals surface area contributed by atoms with Crippen LogP contribution in [0.25, 0.3) is 0 Å². The predicted octanol–water partition coefficient (Wildman–Crippen LogP) is 3.25. The zero-order chi connectivity index (χ0) is 27.3. The summed E-state index contributed by atoms with van der Waals surface area (Å²) in [6, 6.07) is 14.0. The van der Waals surface area contributed by atoms with Gasteiger partial charge in [0.15, 0.2) is 16.4 Å². The Labute approximate surface area is 222 Å². The SMILES string of the molecule is CCN(C(=O)COC(=O)c1cc([N+](=O)[O-])ccc1N1CCC(Cc2ccccc2)CC1)[C@H]1CCS(=O)(=O)C1. The summed E-state index contributed by atoms with van der Waals surface area (Å²) in [5, 5.41) is 11.4. The van der Waals surface area contributed by atoms with E-state index in [-0.39, 0.29) is 29.3 Å². The molecule has 0 bridgehead atoms. The summed E-state index contributed by atoms with van der Waals surface area (Å²) in [6.07, 6.45) is 3.15. The maximum atomic E-state index is 13.1. The average molecular weight is 544 g/mol. The van der Waals surface area contributed by atoms with Crippen molar-refractivity contribution in [3.8, 4) is 0 Å². The maximum Gasteiger partial charge on any atom is 0.341 e. The van der Waals surface area contributed by atoms with Crippen LogP contribution in [0.5, 0.6) is 0 Å². The number of hydrogen-bond acceptors (Lipinski definition) is 8. The van der Waals surface area contributed by atoms with Gasteiger partial charge in [0.1, 0.15) is 0 Å². The van der Waals surface area contributed by atoms with Gasteiger partial charge < -0.3 is 14.5 Å². The number of ether oxygens (including phenoxy) is 1. The number of piperidine rings is 1. The Morgan fingerprint density at radius 3 is 2.42 bits per heavy atom. The van der Waals surface area contributed by atoms with Crippen LogP contribution in [0.15, 0.2) is 48.5 Å². The largest absolute Gasteiger partial charge is 0.452 e. The average Bonchev–Trinajstić information content (AvgIpc) is 3.27. The Morgan fingerprint density at radius 2 is 1.82 bits per heavy atom. The fourth-order valence-electron chi connectivity index (χ4n) is 5.35. The molecular weight excluding hydrogens is 510 g/mol. The smallest absolute Gasteiger partial charge is 0.341 e. The fourth-order valence-corrected chi connectivity index (χ4v) is 7.08. The summed E-state index contributed by atoms with van der Waals surface area (Å²) in [4.78, 5) is 40.2. The van der Waals surface area contributed by atoms with E-state index >= 15 is 0 Å². The second kappa shape index (κ2) is 11.9. The molecule has 2 aliphatic rings. The first-order chi connectivity index (χ1) is 18.2. The molecule has 1 atom stereocenters. The van der Waals surface area contributed by atoms with E-state index in [0.717, 1.165) is 19.3 Å². The number of rotatable bonds is 9. The van der Waals surface area contributed by atoms with Gasteiger partial charge in [0.05, 0.1) is 27.7 Å². The van der Waals surface area contributed by atoms with Crippen molar-refractivity contribution in [3.63, 3.8) is 0 Å². The molecule has 0 unspecified atom stereocenters. The number of esters is 1. The lowest BCUT2D eigenvalue weighted by Crippen LogP contribution is -2.43. The minimum absolute atomic E-state index is 0.0281. The molecular formula is C27H33N3O7S. The normalized spacial score (nSPS) is 19.2. The molecule has 0 spiro atoms. The molecule has 2 saturated heterocycles. The van der Waals surface area contributed by atoms with Gasteiger partial charge in [-0.25, -0.2) is 13.2 Å². The van der Waals surface area contributed by atoms with Crippen molar-refractivity contribution in [1.29, 1.82) is 0 Å². The number of nitro benzene ring substituents is 1. The molecule has 10 nitrogen and oxygen atoms in total. The lowest BCUT2D eigenvalue weighted by atomic mass is 9.90. The highest BCUT2D eigenvalue weighted by Crippen LogP contribution is 2.31. The number of anilines is 1. The molecule has 11 heteroatoms. The molecule has 204 valence electrons. The number of nitro groups is 1. The van der Waals surface area contributed by atoms with Crippen molar-refractivity contribution >= 4 is 33.1 Å². The molecule has 0 saturated carbocycles. The summed E-state index contributed by atoms with van der Waals surface area (Å²) >= 11 is 0. The van der Waals surface area contributed by atoms with Crippen LogP contribution in [0.3, 0.4) is 0 Å². The van der Waals surface area contributed by atoms with Gasteiger partial charge in [0.25, 0.3) is 11.6 Å². The van der Waals surface area contributed by atoms with E-state index in [1.54, 1.807) is 13.0 Å². The van der Waals surface area contributed by atoms with Gasteiger partial charge in [-0.15, -0.1) is 0 Å². The molecule has 0 aromatic heterocycles. The summed E-state index contributed by atoms with van der Waals surface area (Å²) in [5.74, 6) is -0.884. The van der Waals surface area contributed by atoms with Gasteiger partial charge in [-0.3, -0.25) is 14.9 Å². The highest BCUT2D eigenvalue weighted by molar-refractivity contribution is 7.91. The Morgan fingerprint density at radius 1 is 1.11 bits per heavy atom. The quantitative estimate of drug-likeness (QED) is 0.268. The second-order valence-corrected chi connectivity index (χ2v) is 12.1. The molecule has 1 amide bonds. The molecule has 2 aromatic carbocycles. The molecule has 0 N–H and O–H groups in total. The second-order valence-electron chi connectivity index (χ2n) is 9.89. The van der Waals surface area contributed by atoms with Crippen LogP contribution in [0.1, 0.15) is 42.1 Å². The van der Waals surface area contributed by atoms with E-state index in [4.69, 9.17) is 4.74 Å². The summed E-state index contributed by atoms with van der Waals surface area (Å²) in [5.41, 5.74) is 1.63. The van der Waals surface area contributed by atoms with Crippen LogP contribution in [0.2, 0.25) is 0 Å². The highest BCUT2D eigenvalue weighted by atomic mass is 32.2. The predicted molar refractivity (Wildman–Crippen MR) is 143 cm³/mol. The zero-order valence-electron chi connectivity index (χ0n) is 21.5. The molecule has 4 rings (SSSR count). The Kier molecular flexibility index (Phi) is 8.65. The monoisotopic (exact) mass is 543 g/mol. The van der Waals surface area contributed by atoms with E-state index in [1.165, 1.54) is 22.6 Å². The van der Waals surface area contributed by atoms with Crippen LogP contribution in [-0.4, -0.2) is 73.9 Å². The van der Waals surface area contributed by atoms with E-state index in [2.05, 4.69) is 12.1 Å². The van der Waals surface area contributed by atoms with Crippen LogP contribution >= 0.6 is 0 Å². The van der Waals surface area contributed by atoms with E-state index in [1.807, 2.05) is 23.1 Å². The standard InChI is InChI=1S/C27H33N3O7S/c1-2-29(23-12-15-38(35,36)19-23)26(31)18-37-27(32)24-17-22(30(33)34)8-9-25(24)28-13-10-21(11-14-28)16-20-6-4-3-5-7-20/h3-9,17,21,23H,2,10-16,18-19H2,1H3/t23-/m0/s1. The third kappa shape index (κ3) is 6.69. The maximum absolute atomic E-state index is 13.1. The Balaban J connectivity index is 1.43. The lowest BCUT2D eigenvalue weighted by molar-refractivity contribution is -0.384. The minimum Gasteiger partial charge on any atom is -0.452 e. The number of benzene rings is 2. The van der Waals surface area contributed by atoms with Gasteiger partial charge in [-0.05, 0) is 50.2 Å². The third-order valence-electron chi connectivity index (χ3n) is 7.37. The van der Waals surface area contributed by atoms with E-state index in [9.17, 15) is 28.1 Å². The molecule has 0 aliphatic carbocycles. The first-order valence-corrected chi connectivity index (χ1v) is 14.7. The number of sulfone groups is 1. The van der Waals surface area contributed by atoms with Crippen LogP contribution in [0, 0.1) is 16.0 Å². The Bertz CT molecular complexity index is 1270. The number of hydrogen-bond donors (Lipinski definition) is 0. The summed E-state index contributed by atoms with van der Waals surface area (Å²) in [7, 11) is -3.18. The molecule has 0 radical (unpaired) electrons. The summed E-state index contributed by atoms with van der Waals surface area (Å²) in [6.45, 7) is 2.84. The molecule has 2 heterocycles. The molecule has 2 aromatic rings. The van der Waals surface area contributed by atoms with Crippen molar-refractivity contribution < 1.29 is 27.7 Å². The minimum atomic E-state index is -3.18. The number of nitrogens with zero attached hydrogens (tertiary/aromatic N) is 3.